The molecule has 0 spiro atoms. The average molecular weight is 397 g/mol. The van der Waals surface area contributed by atoms with Crippen LogP contribution in [-0.2, 0) is 22.4 Å². The summed E-state index contributed by atoms with van der Waals surface area (Å²) in [5.41, 5.74) is 4.52. The van der Waals surface area contributed by atoms with Crippen molar-refractivity contribution in [3.8, 4) is 11.1 Å². The monoisotopic (exact) mass is 396 g/mol. The molecule has 0 saturated carbocycles. The molecule has 1 aliphatic carbocycles. The number of hydrogen-bond donors (Lipinski definition) is 0. The third-order valence-corrected chi connectivity index (χ3v) is 6.18. The Morgan fingerprint density at radius 2 is 1.93 bits per heavy atom. The van der Waals surface area contributed by atoms with Crippen molar-refractivity contribution in [2.45, 2.75) is 58.6 Å². The minimum absolute atomic E-state index is 0.202. The summed E-state index contributed by atoms with van der Waals surface area (Å²) in [6.07, 6.45) is 5.89. The van der Waals surface area contributed by atoms with Crippen molar-refractivity contribution < 1.29 is 9.53 Å². The van der Waals surface area contributed by atoms with E-state index in [4.69, 9.17) is 4.74 Å². The van der Waals surface area contributed by atoms with E-state index in [0.29, 0.717) is 10.2 Å². The van der Waals surface area contributed by atoms with Gasteiger partial charge in [-0.15, -0.1) is 11.3 Å². The number of carbonyl (C=O) groups is 1. The van der Waals surface area contributed by atoms with Gasteiger partial charge in [-0.1, -0.05) is 18.2 Å². The maximum Gasteiger partial charge on any atom is 0.329 e. The van der Waals surface area contributed by atoms with Gasteiger partial charge in [-0.3, -0.25) is 9.36 Å². The van der Waals surface area contributed by atoms with Gasteiger partial charge < -0.3 is 4.74 Å². The highest BCUT2D eigenvalue weighted by atomic mass is 32.1. The van der Waals surface area contributed by atoms with E-state index in [1.165, 1.54) is 46.2 Å². The molecule has 2 aromatic heterocycles. The molecule has 0 fully saturated rings. The molecule has 0 bridgehead atoms. The molecule has 0 radical (unpaired) electrons. The summed E-state index contributed by atoms with van der Waals surface area (Å²) >= 11 is 1.46. The van der Waals surface area contributed by atoms with Gasteiger partial charge in [-0.2, -0.15) is 0 Å². The Morgan fingerprint density at radius 3 is 2.68 bits per heavy atom. The predicted octanol–water partition coefficient (Wildman–Crippen LogP) is 4.52. The fourth-order valence-electron chi connectivity index (χ4n) is 3.78. The Hall–Kier alpha value is -2.47. The zero-order valence-electron chi connectivity index (χ0n) is 16.4. The normalized spacial score (nSPS) is 14.9. The van der Waals surface area contributed by atoms with Crippen LogP contribution in [0.3, 0.4) is 0 Å². The molecule has 0 N–H and O–H groups in total. The van der Waals surface area contributed by atoms with Crippen LogP contribution in [0.1, 0.15) is 50.8 Å². The van der Waals surface area contributed by atoms with Gasteiger partial charge in [-0.05, 0) is 63.1 Å². The number of aromatic nitrogens is 2. The van der Waals surface area contributed by atoms with E-state index in [0.717, 1.165) is 24.0 Å². The van der Waals surface area contributed by atoms with Crippen molar-refractivity contribution >= 4 is 27.5 Å². The SMILES string of the molecule is CC(C)OC(=O)[C@H](C)n1cnc2scc(-c3ccc4c(c3)CCCC4)c2c1=O. The number of benzene rings is 1. The Morgan fingerprint density at radius 1 is 1.18 bits per heavy atom. The highest BCUT2D eigenvalue weighted by Gasteiger charge is 2.22. The maximum absolute atomic E-state index is 13.2. The van der Waals surface area contributed by atoms with E-state index in [9.17, 15) is 9.59 Å². The summed E-state index contributed by atoms with van der Waals surface area (Å²) in [6.45, 7) is 5.26. The van der Waals surface area contributed by atoms with Gasteiger partial charge in [0.2, 0.25) is 0 Å². The molecule has 1 aromatic carbocycles. The third kappa shape index (κ3) is 3.37. The van der Waals surface area contributed by atoms with Crippen molar-refractivity contribution in [2.75, 3.05) is 0 Å². The smallest absolute Gasteiger partial charge is 0.329 e. The van der Waals surface area contributed by atoms with Gasteiger partial charge in [-0.25, -0.2) is 9.78 Å². The maximum atomic E-state index is 13.2. The summed E-state index contributed by atoms with van der Waals surface area (Å²) in [7, 11) is 0. The Bertz CT molecular complexity index is 1100. The second-order valence-electron chi connectivity index (χ2n) is 7.64. The second kappa shape index (κ2) is 7.51. The Balaban J connectivity index is 1.79. The summed E-state index contributed by atoms with van der Waals surface area (Å²) in [4.78, 5) is 30.6. The molecule has 3 aromatic rings. The van der Waals surface area contributed by atoms with Gasteiger partial charge >= 0.3 is 5.97 Å². The Kier molecular flexibility index (Phi) is 5.06. The van der Waals surface area contributed by atoms with E-state index in [1.807, 2.05) is 5.38 Å². The van der Waals surface area contributed by atoms with Crippen LogP contribution in [0.4, 0.5) is 0 Å². The second-order valence-corrected chi connectivity index (χ2v) is 8.50. The zero-order valence-corrected chi connectivity index (χ0v) is 17.2. The summed E-state index contributed by atoms with van der Waals surface area (Å²) in [5, 5.41) is 2.57. The minimum Gasteiger partial charge on any atom is -0.461 e. The van der Waals surface area contributed by atoms with Crippen LogP contribution in [0.2, 0.25) is 0 Å². The summed E-state index contributed by atoms with van der Waals surface area (Å²) < 4.78 is 6.64. The number of ether oxygens (including phenoxy) is 1. The van der Waals surface area contributed by atoms with Gasteiger partial charge in [0.15, 0.2) is 0 Å². The molecule has 0 aliphatic heterocycles. The van der Waals surface area contributed by atoms with E-state index >= 15 is 0 Å². The lowest BCUT2D eigenvalue weighted by atomic mass is 9.89. The van der Waals surface area contributed by atoms with Crippen molar-refractivity contribution in [3.63, 3.8) is 0 Å². The molecule has 6 heteroatoms. The lowest BCUT2D eigenvalue weighted by molar-refractivity contribution is -0.151. The van der Waals surface area contributed by atoms with E-state index < -0.39 is 12.0 Å². The van der Waals surface area contributed by atoms with Gasteiger partial charge in [0.25, 0.3) is 5.56 Å². The number of carbonyl (C=O) groups excluding carboxylic acids is 1. The minimum atomic E-state index is -0.719. The number of hydrogen-bond acceptors (Lipinski definition) is 5. The molecule has 0 saturated heterocycles. The molecule has 1 atom stereocenters. The van der Waals surface area contributed by atoms with Crippen LogP contribution in [-0.4, -0.2) is 21.6 Å². The van der Waals surface area contributed by atoms with E-state index in [2.05, 4.69) is 23.2 Å². The molecular weight excluding hydrogens is 372 g/mol. The predicted molar refractivity (Wildman–Crippen MR) is 112 cm³/mol. The van der Waals surface area contributed by atoms with Crippen LogP contribution in [0, 0.1) is 0 Å². The van der Waals surface area contributed by atoms with Crippen LogP contribution in [0.5, 0.6) is 0 Å². The van der Waals surface area contributed by atoms with Gasteiger partial charge in [0.1, 0.15) is 10.9 Å². The van der Waals surface area contributed by atoms with Crippen LogP contribution < -0.4 is 5.56 Å². The van der Waals surface area contributed by atoms with Crippen molar-refractivity contribution in [3.05, 3.63) is 51.4 Å². The van der Waals surface area contributed by atoms with Crippen LogP contribution >= 0.6 is 11.3 Å². The quantitative estimate of drug-likeness (QED) is 0.609. The molecule has 4 rings (SSSR count). The molecule has 0 unspecified atom stereocenters. The van der Waals surface area contributed by atoms with E-state index in [1.54, 1.807) is 20.8 Å². The molecule has 0 amide bonds. The summed E-state index contributed by atoms with van der Waals surface area (Å²) in [5.74, 6) is -0.427. The van der Waals surface area contributed by atoms with Crippen molar-refractivity contribution in [1.82, 2.24) is 9.55 Å². The largest absolute Gasteiger partial charge is 0.461 e. The first-order valence-corrected chi connectivity index (χ1v) is 10.6. The fraction of sp³-hybridized carbons (Fsp3) is 0.409. The number of fused-ring (bicyclic) bond motifs is 2. The van der Waals surface area contributed by atoms with Gasteiger partial charge in [0, 0.05) is 10.9 Å². The number of thiophene rings is 1. The molecular formula is C22H24N2O3S. The number of rotatable bonds is 4. The molecule has 1 aliphatic rings. The van der Waals surface area contributed by atoms with Crippen molar-refractivity contribution in [1.29, 1.82) is 0 Å². The highest BCUT2D eigenvalue weighted by Crippen LogP contribution is 2.33. The first-order chi connectivity index (χ1) is 13.5. The van der Waals surface area contributed by atoms with Gasteiger partial charge in [0.05, 0.1) is 17.8 Å². The number of aryl methyl sites for hydroxylation is 2. The van der Waals surface area contributed by atoms with Crippen LogP contribution in [0.25, 0.3) is 21.3 Å². The number of nitrogens with zero attached hydrogens (tertiary/aromatic N) is 2. The third-order valence-electron chi connectivity index (χ3n) is 5.29. The Labute approximate surface area is 168 Å². The topological polar surface area (TPSA) is 61.2 Å². The fourth-order valence-corrected chi connectivity index (χ4v) is 4.69. The molecule has 5 nitrogen and oxygen atoms in total. The first kappa shape index (κ1) is 18.9. The molecule has 2 heterocycles. The lowest BCUT2D eigenvalue weighted by Gasteiger charge is -2.17. The average Bonchev–Trinajstić information content (AvgIpc) is 3.12. The first-order valence-electron chi connectivity index (χ1n) is 9.76. The molecule has 28 heavy (non-hydrogen) atoms. The lowest BCUT2D eigenvalue weighted by Crippen LogP contribution is -2.30. The highest BCUT2D eigenvalue weighted by molar-refractivity contribution is 7.17. The zero-order chi connectivity index (χ0) is 19.8. The molecule has 146 valence electrons. The summed E-state index contributed by atoms with van der Waals surface area (Å²) in [6, 6.07) is 5.77. The van der Waals surface area contributed by atoms with Crippen LogP contribution in [0.15, 0.2) is 34.7 Å². The standard InChI is InChI=1S/C22H24N2O3S/c1-13(2)27-22(26)14(3)24-12-23-20-19(21(24)25)18(11-28-20)17-9-8-15-6-4-5-7-16(15)10-17/h8-14H,4-7H2,1-3H3/t14-/m0/s1. The van der Waals surface area contributed by atoms with E-state index in [-0.39, 0.29) is 11.7 Å². The number of esters is 1. The van der Waals surface area contributed by atoms with Crippen molar-refractivity contribution in [2.24, 2.45) is 0 Å².